The van der Waals surface area contributed by atoms with Crippen LogP contribution in [-0.4, -0.2) is 31.3 Å². The number of carbonyl (C=O) groups is 1. The van der Waals surface area contributed by atoms with Crippen LogP contribution < -0.4 is 16.0 Å². The van der Waals surface area contributed by atoms with E-state index in [1.807, 2.05) is 0 Å². The van der Waals surface area contributed by atoms with E-state index in [0.29, 0.717) is 19.6 Å². The highest BCUT2D eigenvalue weighted by molar-refractivity contribution is 5.67. The van der Waals surface area contributed by atoms with Gasteiger partial charge in [0.25, 0.3) is 0 Å². The first-order chi connectivity index (χ1) is 10.7. The van der Waals surface area contributed by atoms with Crippen molar-refractivity contribution in [3.05, 3.63) is 23.8 Å². The van der Waals surface area contributed by atoms with E-state index in [2.05, 4.69) is 5.32 Å². The van der Waals surface area contributed by atoms with Crippen molar-refractivity contribution in [3.8, 4) is 0 Å². The summed E-state index contributed by atoms with van der Waals surface area (Å²) in [7, 11) is 0. The average Bonchev–Trinajstić information content (AvgIpc) is 2.89. The number of anilines is 2. The van der Waals surface area contributed by atoms with Crippen LogP contribution in [0.3, 0.4) is 0 Å². The standard InChI is InChI=1S/C16H23F2N3O2/c1-16(2,3)23-15(22)20-8-10-6-7-21(9-10)12-5-4-11(19)13(17)14(12)18/h4-5,10H,6-9,19H2,1-3H3,(H,20,22). The molecule has 0 saturated carbocycles. The molecular weight excluding hydrogens is 304 g/mol. The fraction of sp³-hybridized carbons (Fsp3) is 0.562. The van der Waals surface area contributed by atoms with Crippen LogP contribution in [-0.2, 0) is 4.74 Å². The number of nitrogens with one attached hydrogen (secondary N) is 1. The van der Waals surface area contributed by atoms with Gasteiger partial charge in [0.1, 0.15) is 5.60 Å². The molecule has 1 unspecified atom stereocenters. The van der Waals surface area contributed by atoms with Crippen molar-refractivity contribution in [2.45, 2.75) is 32.8 Å². The van der Waals surface area contributed by atoms with Gasteiger partial charge in [-0.2, -0.15) is 0 Å². The van der Waals surface area contributed by atoms with Crippen LogP contribution in [0.4, 0.5) is 25.0 Å². The quantitative estimate of drug-likeness (QED) is 0.838. The van der Waals surface area contributed by atoms with E-state index in [1.165, 1.54) is 12.1 Å². The second-order valence-electron chi connectivity index (χ2n) is 6.79. The third-order valence-electron chi connectivity index (χ3n) is 3.65. The summed E-state index contributed by atoms with van der Waals surface area (Å²) in [6.07, 6.45) is 0.307. The van der Waals surface area contributed by atoms with Crippen LogP contribution >= 0.6 is 0 Å². The Hall–Kier alpha value is -2.05. The van der Waals surface area contributed by atoms with Crippen molar-refractivity contribution in [2.24, 2.45) is 5.92 Å². The van der Waals surface area contributed by atoms with Crippen molar-refractivity contribution < 1.29 is 18.3 Å². The molecule has 128 valence electrons. The minimum atomic E-state index is -1.02. The molecule has 7 heteroatoms. The molecule has 0 aliphatic carbocycles. The van der Waals surface area contributed by atoms with Crippen LogP contribution in [0.5, 0.6) is 0 Å². The summed E-state index contributed by atoms with van der Waals surface area (Å²) in [4.78, 5) is 13.4. The Balaban J connectivity index is 1.90. The summed E-state index contributed by atoms with van der Waals surface area (Å²) < 4.78 is 32.7. The zero-order valence-electron chi connectivity index (χ0n) is 13.7. The van der Waals surface area contributed by atoms with Gasteiger partial charge >= 0.3 is 6.09 Å². The van der Waals surface area contributed by atoms with E-state index in [-0.39, 0.29) is 17.3 Å². The summed E-state index contributed by atoms with van der Waals surface area (Å²) in [5, 5.41) is 2.71. The Bertz CT molecular complexity index is 587. The number of hydrogen-bond donors (Lipinski definition) is 2. The number of amides is 1. The van der Waals surface area contributed by atoms with Gasteiger partial charge in [-0.3, -0.25) is 0 Å². The van der Waals surface area contributed by atoms with Crippen molar-refractivity contribution in [2.75, 3.05) is 30.3 Å². The largest absolute Gasteiger partial charge is 0.444 e. The Kier molecular flexibility index (Phi) is 4.97. The van der Waals surface area contributed by atoms with E-state index in [9.17, 15) is 13.6 Å². The Morgan fingerprint density at radius 2 is 2.09 bits per heavy atom. The molecule has 3 N–H and O–H groups in total. The average molecular weight is 327 g/mol. The molecule has 23 heavy (non-hydrogen) atoms. The number of nitrogen functional groups attached to an aromatic ring is 1. The summed E-state index contributed by atoms with van der Waals surface area (Å²) in [5.74, 6) is -1.79. The molecular formula is C16H23F2N3O2. The van der Waals surface area contributed by atoms with Gasteiger partial charge in [0, 0.05) is 19.6 Å². The van der Waals surface area contributed by atoms with Gasteiger partial charge in [-0.15, -0.1) is 0 Å². The highest BCUT2D eigenvalue weighted by atomic mass is 19.2. The monoisotopic (exact) mass is 327 g/mol. The lowest BCUT2D eigenvalue weighted by Crippen LogP contribution is -2.36. The number of ether oxygens (including phenoxy) is 1. The number of alkyl carbamates (subject to hydrolysis) is 1. The van der Waals surface area contributed by atoms with Crippen molar-refractivity contribution in [1.82, 2.24) is 5.32 Å². The highest BCUT2D eigenvalue weighted by Gasteiger charge is 2.27. The second kappa shape index (κ2) is 6.60. The first-order valence-electron chi connectivity index (χ1n) is 7.62. The predicted octanol–water partition coefficient (Wildman–Crippen LogP) is 2.90. The summed E-state index contributed by atoms with van der Waals surface area (Å²) in [6, 6.07) is 2.84. The third kappa shape index (κ3) is 4.46. The molecule has 5 nitrogen and oxygen atoms in total. The zero-order valence-corrected chi connectivity index (χ0v) is 13.7. The lowest BCUT2D eigenvalue weighted by atomic mass is 10.1. The molecule has 0 aromatic heterocycles. The molecule has 0 radical (unpaired) electrons. The van der Waals surface area contributed by atoms with Gasteiger partial charge in [-0.05, 0) is 45.2 Å². The van der Waals surface area contributed by atoms with Crippen molar-refractivity contribution >= 4 is 17.5 Å². The van der Waals surface area contributed by atoms with E-state index in [1.54, 1.807) is 25.7 Å². The third-order valence-corrected chi connectivity index (χ3v) is 3.65. The Morgan fingerprint density at radius 1 is 1.39 bits per heavy atom. The first-order valence-corrected chi connectivity index (χ1v) is 7.62. The van der Waals surface area contributed by atoms with E-state index >= 15 is 0 Å². The number of rotatable bonds is 3. The first kappa shape index (κ1) is 17.3. The molecule has 1 fully saturated rings. The number of nitrogens with zero attached hydrogens (tertiary/aromatic N) is 1. The summed E-state index contributed by atoms with van der Waals surface area (Å²) in [6.45, 7) is 6.95. The van der Waals surface area contributed by atoms with E-state index in [0.717, 1.165) is 6.42 Å². The number of carbonyl (C=O) groups excluding carboxylic acids is 1. The molecule has 0 bridgehead atoms. The van der Waals surface area contributed by atoms with Crippen LogP contribution in [0.1, 0.15) is 27.2 Å². The molecule has 1 amide bonds. The lowest BCUT2D eigenvalue weighted by Gasteiger charge is -2.21. The maximum Gasteiger partial charge on any atom is 0.407 e. The van der Waals surface area contributed by atoms with Gasteiger partial charge < -0.3 is 20.7 Å². The van der Waals surface area contributed by atoms with Gasteiger partial charge in [-0.1, -0.05) is 0 Å². The van der Waals surface area contributed by atoms with Crippen LogP contribution in [0.25, 0.3) is 0 Å². The van der Waals surface area contributed by atoms with Crippen LogP contribution in [0, 0.1) is 17.6 Å². The SMILES string of the molecule is CC(C)(C)OC(=O)NCC1CCN(c2ccc(N)c(F)c2F)C1. The number of halogens is 2. The minimum Gasteiger partial charge on any atom is -0.444 e. The van der Waals surface area contributed by atoms with Crippen molar-refractivity contribution in [3.63, 3.8) is 0 Å². The van der Waals surface area contributed by atoms with Gasteiger partial charge in [0.05, 0.1) is 11.4 Å². The number of benzene rings is 1. The molecule has 1 aliphatic rings. The molecule has 1 aliphatic heterocycles. The van der Waals surface area contributed by atoms with E-state index < -0.39 is 23.3 Å². The predicted molar refractivity (Wildman–Crippen MR) is 85.3 cm³/mol. The van der Waals surface area contributed by atoms with Gasteiger partial charge in [0.2, 0.25) is 0 Å². The molecule has 0 spiro atoms. The molecule has 1 aromatic rings. The number of nitrogens with two attached hydrogens (primary N) is 1. The topological polar surface area (TPSA) is 67.6 Å². The molecule has 1 atom stereocenters. The normalized spacial score (nSPS) is 18.1. The van der Waals surface area contributed by atoms with Crippen molar-refractivity contribution in [1.29, 1.82) is 0 Å². The maximum absolute atomic E-state index is 14.0. The molecule has 1 aromatic carbocycles. The minimum absolute atomic E-state index is 0.155. The Labute approximate surface area is 134 Å². The molecule has 1 saturated heterocycles. The maximum atomic E-state index is 14.0. The fourth-order valence-electron chi connectivity index (χ4n) is 2.56. The Morgan fingerprint density at radius 3 is 2.74 bits per heavy atom. The van der Waals surface area contributed by atoms with Crippen LogP contribution in [0.2, 0.25) is 0 Å². The number of hydrogen-bond acceptors (Lipinski definition) is 4. The summed E-state index contributed by atoms with van der Waals surface area (Å²) in [5.41, 5.74) is 4.81. The van der Waals surface area contributed by atoms with Gasteiger partial charge in [-0.25, -0.2) is 13.6 Å². The lowest BCUT2D eigenvalue weighted by molar-refractivity contribution is 0.0520. The second-order valence-corrected chi connectivity index (χ2v) is 6.79. The summed E-state index contributed by atoms with van der Waals surface area (Å²) >= 11 is 0. The van der Waals surface area contributed by atoms with Crippen LogP contribution in [0.15, 0.2) is 12.1 Å². The highest BCUT2D eigenvalue weighted by Crippen LogP contribution is 2.29. The molecule has 2 rings (SSSR count). The van der Waals surface area contributed by atoms with Gasteiger partial charge in [0.15, 0.2) is 11.6 Å². The van der Waals surface area contributed by atoms with E-state index in [4.69, 9.17) is 10.5 Å². The molecule has 1 heterocycles. The zero-order chi connectivity index (χ0) is 17.2. The fourth-order valence-corrected chi connectivity index (χ4v) is 2.56. The smallest absolute Gasteiger partial charge is 0.407 e.